The van der Waals surface area contributed by atoms with Gasteiger partial charge in [0.1, 0.15) is 0 Å². The monoisotopic (exact) mass is 399 g/mol. The second-order valence-electron chi connectivity index (χ2n) is 4.98. The number of anilines is 2. The van der Waals surface area contributed by atoms with E-state index in [1.807, 2.05) is 6.20 Å². The van der Waals surface area contributed by atoms with Gasteiger partial charge in [-0.25, -0.2) is 4.68 Å². The van der Waals surface area contributed by atoms with E-state index in [1.54, 1.807) is 10.9 Å². The average Bonchev–Trinajstić information content (AvgIpc) is 3.16. The Hall–Kier alpha value is -1.45. The molecule has 21 heavy (non-hydrogen) atoms. The quantitative estimate of drug-likeness (QED) is 0.777. The second kappa shape index (κ2) is 6.54. The van der Waals surface area contributed by atoms with Crippen LogP contribution in [0.4, 0.5) is 11.9 Å². The van der Waals surface area contributed by atoms with Gasteiger partial charge < -0.3 is 10.2 Å². The highest BCUT2D eigenvalue weighted by Crippen LogP contribution is 2.18. The highest BCUT2D eigenvalue weighted by atomic mass is 127. The lowest BCUT2D eigenvalue weighted by atomic mass is 10.4. The number of rotatable bonds is 5. The van der Waals surface area contributed by atoms with E-state index in [2.05, 4.69) is 59.8 Å². The van der Waals surface area contributed by atoms with Crippen LogP contribution >= 0.6 is 22.6 Å². The lowest BCUT2D eigenvalue weighted by Gasteiger charge is -2.16. The lowest BCUT2D eigenvalue weighted by molar-refractivity contribution is 0.776. The standard InChI is InChI=1S/C13H18IN7/c1-2-5-15-11-17-12(20-6-3-4-7-20)19-13(18-11)21-9-10(14)8-16-21/h8-9H,2-7H2,1H3,(H,15,17,18,19). The predicted octanol–water partition coefficient (Wildman–Crippen LogP) is 2.08. The predicted molar refractivity (Wildman–Crippen MR) is 89.9 cm³/mol. The zero-order chi connectivity index (χ0) is 14.7. The van der Waals surface area contributed by atoms with E-state index in [9.17, 15) is 0 Å². The molecule has 3 heterocycles. The Bertz CT molecular complexity index is 606. The van der Waals surface area contributed by atoms with Crippen molar-refractivity contribution < 1.29 is 0 Å². The second-order valence-corrected chi connectivity index (χ2v) is 6.23. The van der Waals surface area contributed by atoms with Gasteiger partial charge in [-0.05, 0) is 41.9 Å². The van der Waals surface area contributed by atoms with Crippen molar-refractivity contribution in [2.45, 2.75) is 26.2 Å². The van der Waals surface area contributed by atoms with Crippen molar-refractivity contribution in [3.8, 4) is 5.95 Å². The van der Waals surface area contributed by atoms with Crippen LogP contribution in [0.15, 0.2) is 12.4 Å². The van der Waals surface area contributed by atoms with E-state index in [-0.39, 0.29) is 0 Å². The molecule has 0 amide bonds. The molecule has 3 rings (SSSR count). The first kappa shape index (κ1) is 14.5. The Labute approximate surface area is 137 Å². The minimum atomic E-state index is 0.563. The summed E-state index contributed by atoms with van der Waals surface area (Å²) < 4.78 is 2.75. The van der Waals surface area contributed by atoms with Crippen LogP contribution in [0.2, 0.25) is 0 Å². The summed E-state index contributed by atoms with van der Waals surface area (Å²) in [6.45, 7) is 4.98. The summed E-state index contributed by atoms with van der Waals surface area (Å²) in [5.74, 6) is 1.92. The van der Waals surface area contributed by atoms with Crippen LogP contribution in [-0.4, -0.2) is 44.4 Å². The molecular weight excluding hydrogens is 381 g/mol. The van der Waals surface area contributed by atoms with Crippen LogP contribution < -0.4 is 10.2 Å². The zero-order valence-electron chi connectivity index (χ0n) is 12.0. The summed E-state index contributed by atoms with van der Waals surface area (Å²) in [6.07, 6.45) is 7.11. The van der Waals surface area contributed by atoms with Crippen LogP contribution in [0.5, 0.6) is 0 Å². The van der Waals surface area contributed by atoms with Crippen LogP contribution in [0, 0.1) is 3.57 Å². The largest absolute Gasteiger partial charge is 0.354 e. The van der Waals surface area contributed by atoms with Gasteiger partial charge in [0.05, 0.1) is 9.77 Å². The van der Waals surface area contributed by atoms with Crippen molar-refractivity contribution in [2.24, 2.45) is 0 Å². The van der Waals surface area contributed by atoms with Crippen LogP contribution in [-0.2, 0) is 0 Å². The van der Waals surface area contributed by atoms with Crippen molar-refractivity contribution in [3.63, 3.8) is 0 Å². The molecule has 0 bridgehead atoms. The zero-order valence-corrected chi connectivity index (χ0v) is 14.1. The molecule has 1 fully saturated rings. The molecule has 0 radical (unpaired) electrons. The van der Waals surface area contributed by atoms with Crippen molar-refractivity contribution >= 4 is 34.5 Å². The normalized spacial score (nSPS) is 14.7. The van der Waals surface area contributed by atoms with E-state index in [1.165, 1.54) is 12.8 Å². The van der Waals surface area contributed by atoms with Crippen molar-refractivity contribution in [3.05, 3.63) is 16.0 Å². The maximum absolute atomic E-state index is 4.57. The number of nitrogens with one attached hydrogen (secondary N) is 1. The van der Waals surface area contributed by atoms with E-state index < -0.39 is 0 Å². The van der Waals surface area contributed by atoms with Crippen LogP contribution in [0.25, 0.3) is 5.95 Å². The third-order valence-corrected chi connectivity index (χ3v) is 3.85. The Balaban J connectivity index is 1.95. The fourth-order valence-electron chi connectivity index (χ4n) is 2.24. The van der Waals surface area contributed by atoms with Gasteiger partial charge in [0.15, 0.2) is 0 Å². The molecule has 2 aromatic rings. The molecule has 2 aromatic heterocycles. The lowest BCUT2D eigenvalue weighted by Crippen LogP contribution is -2.23. The maximum atomic E-state index is 4.57. The molecule has 0 unspecified atom stereocenters. The molecule has 112 valence electrons. The van der Waals surface area contributed by atoms with E-state index in [4.69, 9.17) is 0 Å². The van der Waals surface area contributed by atoms with Crippen LogP contribution in [0.1, 0.15) is 26.2 Å². The summed E-state index contributed by atoms with van der Waals surface area (Å²) >= 11 is 2.22. The molecule has 1 saturated heterocycles. The van der Waals surface area contributed by atoms with Gasteiger partial charge in [0.2, 0.25) is 11.9 Å². The molecule has 0 spiro atoms. The van der Waals surface area contributed by atoms with Gasteiger partial charge in [-0.15, -0.1) is 0 Å². The summed E-state index contributed by atoms with van der Waals surface area (Å²) in [5.41, 5.74) is 0. The van der Waals surface area contributed by atoms with Crippen molar-refractivity contribution in [1.82, 2.24) is 24.7 Å². The minimum Gasteiger partial charge on any atom is -0.354 e. The van der Waals surface area contributed by atoms with Gasteiger partial charge in [0, 0.05) is 25.8 Å². The van der Waals surface area contributed by atoms with Gasteiger partial charge in [-0.3, -0.25) is 0 Å². The fraction of sp³-hybridized carbons (Fsp3) is 0.538. The molecule has 0 aromatic carbocycles. The Kier molecular flexibility index (Phi) is 4.51. The minimum absolute atomic E-state index is 0.563. The molecule has 0 atom stereocenters. The first-order valence-corrected chi connectivity index (χ1v) is 8.29. The maximum Gasteiger partial charge on any atom is 0.257 e. The van der Waals surface area contributed by atoms with Gasteiger partial charge >= 0.3 is 0 Å². The molecular formula is C13H18IN7. The first-order chi connectivity index (χ1) is 10.3. The molecule has 7 nitrogen and oxygen atoms in total. The summed E-state index contributed by atoms with van der Waals surface area (Å²) in [6, 6.07) is 0. The van der Waals surface area contributed by atoms with E-state index in [0.29, 0.717) is 11.9 Å². The Morgan fingerprint density at radius 2 is 1.95 bits per heavy atom. The number of hydrogen-bond acceptors (Lipinski definition) is 6. The first-order valence-electron chi connectivity index (χ1n) is 7.21. The van der Waals surface area contributed by atoms with E-state index >= 15 is 0 Å². The van der Waals surface area contributed by atoms with Gasteiger partial charge in [-0.2, -0.15) is 20.1 Å². The highest BCUT2D eigenvalue weighted by Gasteiger charge is 2.18. The molecule has 0 aliphatic carbocycles. The molecule has 1 aliphatic heterocycles. The van der Waals surface area contributed by atoms with Crippen molar-refractivity contribution in [2.75, 3.05) is 29.9 Å². The average molecular weight is 399 g/mol. The SMILES string of the molecule is CCCNc1nc(N2CCCC2)nc(-n2cc(I)cn2)n1. The summed E-state index contributed by atoms with van der Waals surface area (Å²) in [5, 5.41) is 7.53. The fourth-order valence-corrected chi connectivity index (χ4v) is 2.63. The smallest absolute Gasteiger partial charge is 0.257 e. The summed E-state index contributed by atoms with van der Waals surface area (Å²) in [7, 11) is 0. The van der Waals surface area contributed by atoms with Gasteiger partial charge in [-0.1, -0.05) is 6.92 Å². The highest BCUT2D eigenvalue weighted by molar-refractivity contribution is 14.1. The number of hydrogen-bond donors (Lipinski definition) is 1. The number of aromatic nitrogens is 5. The Morgan fingerprint density at radius 1 is 1.19 bits per heavy atom. The third kappa shape index (κ3) is 3.42. The number of nitrogens with zero attached hydrogens (tertiary/aromatic N) is 6. The molecule has 1 N–H and O–H groups in total. The molecule has 1 aliphatic rings. The molecule has 8 heteroatoms. The molecule has 0 saturated carbocycles. The van der Waals surface area contributed by atoms with E-state index in [0.717, 1.165) is 35.6 Å². The summed E-state index contributed by atoms with van der Waals surface area (Å²) in [4.78, 5) is 15.8. The Morgan fingerprint density at radius 3 is 2.62 bits per heavy atom. The third-order valence-electron chi connectivity index (χ3n) is 3.29. The topological polar surface area (TPSA) is 71.8 Å². The van der Waals surface area contributed by atoms with Crippen LogP contribution in [0.3, 0.4) is 0 Å². The van der Waals surface area contributed by atoms with Crippen molar-refractivity contribution in [1.29, 1.82) is 0 Å². The van der Waals surface area contributed by atoms with Gasteiger partial charge in [0.25, 0.3) is 5.95 Å². The number of halogens is 1.